The molecule has 0 aromatic carbocycles. The van der Waals surface area contributed by atoms with E-state index in [-0.39, 0.29) is 0 Å². The molecular weight excluding hydrogens is 224 g/mol. The number of anilines is 1. The Morgan fingerprint density at radius 1 is 1.22 bits per heavy atom. The first-order valence-corrected chi connectivity index (χ1v) is 6.54. The van der Waals surface area contributed by atoms with E-state index in [0.717, 1.165) is 18.1 Å². The van der Waals surface area contributed by atoms with Gasteiger partial charge in [0.1, 0.15) is 0 Å². The van der Waals surface area contributed by atoms with Gasteiger partial charge in [0.15, 0.2) is 5.82 Å². The van der Waals surface area contributed by atoms with E-state index in [9.17, 15) is 0 Å². The van der Waals surface area contributed by atoms with Gasteiger partial charge in [0.25, 0.3) is 0 Å². The highest BCUT2D eigenvalue weighted by atomic mass is 15.3. The molecule has 0 aliphatic carbocycles. The smallest absolute Gasteiger partial charge is 0.176 e. The van der Waals surface area contributed by atoms with Crippen LogP contribution in [0.5, 0.6) is 0 Å². The van der Waals surface area contributed by atoms with Crippen LogP contribution in [-0.2, 0) is 0 Å². The lowest BCUT2D eigenvalue weighted by Crippen LogP contribution is -2.14. The molecule has 0 bridgehead atoms. The molecule has 0 saturated carbocycles. The van der Waals surface area contributed by atoms with E-state index in [1.165, 1.54) is 12.8 Å². The SMILES string of the molecule is CCC(CC)CNc1cccnc1-n1cccn1. The minimum absolute atomic E-state index is 0.704. The first-order valence-electron chi connectivity index (χ1n) is 6.54. The number of hydrogen-bond acceptors (Lipinski definition) is 3. The number of rotatable bonds is 6. The van der Waals surface area contributed by atoms with Crippen molar-refractivity contribution >= 4 is 5.69 Å². The second-order valence-corrected chi connectivity index (χ2v) is 4.39. The van der Waals surface area contributed by atoms with Gasteiger partial charge in [-0.2, -0.15) is 5.10 Å². The van der Waals surface area contributed by atoms with Crippen LogP contribution in [0.15, 0.2) is 36.8 Å². The van der Waals surface area contributed by atoms with Gasteiger partial charge in [0.2, 0.25) is 0 Å². The van der Waals surface area contributed by atoms with Crippen LogP contribution >= 0.6 is 0 Å². The minimum Gasteiger partial charge on any atom is -0.382 e. The van der Waals surface area contributed by atoms with E-state index in [1.807, 2.05) is 24.4 Å². The number of nitrogens with zero attached hydrogens (tertiary/aromatic N) is 3. The van der Waals surface area contributed by atoms with E-state index < -0.39 is 0 Å². The Hall–Kier alpha value is -1.84. The van der Waals surface area contributed by atoms with Gasteiger partial charge >= 0.3 is 0 Å². The van der Waals surface area contributed by atoms with E-state index >= 15 is 0 Å². The summed E-state index contributed by atoms with van der Waals surface area (Å²) in [5.74, 6) is 1.56. The molecule has 2 aromatic rings. The standard InChI is InChI=1S/C14H20N4/c1-3-12(4-2)11-16-13-7-5-8-15-14(13)18-10-6-9-17-18/h5-10,12,16H,3-4,11H2,1-2H3. The Balaban J connectivity index is 2.13. The third-order valence-corrected chi connectivity index (χ3v) is 3.24. The van der Waals surface area contributed by atoms with Crippen LogP contribution in [0.2, 0.25) is 0 Å². The first-order chi connectivity index (χ1) is 8.85. The molecule has 0 atom stereocenters. The molecule has 2 aromatic heterocycles. The number of hydrogen-bond donors (Lipinski definition) is 1. The summed E-state index contributed by atoms with van der Waals surface area (Å²) in [6.45, 7) is 5.44. The zero-order valence-corrected chi connectivity index (χ0v) is 11.0. The van der Waals surface area contributed by atoms with Crippen LogP contribution in [0.3, 0.4) is 0 Å². The molecule has 2 heterocycles. The van der Waals surface area contributed by atoms with Gasteiger partial charge in [0, 0.05) is 25.1 Å². The summed E-state index contributed by atoms with van der Waals surface area (Å²) in [7, 11) is 0. The molecule has 1 N–H and O–H groups in total. The number of nitrogens with one attached hydrogen (secondary N) is 1. The fourth-order valence-corrected chi connectivity index (χ4v) is 1.94. The molecular formula is C14H20N4. The van der Waals surface area contributed by atoms with Crippen molar-refractivity contribution in [2.24, 2.45) is 5.92 Å². The average molecular weight is 244 g/mol. The van der Waals surface area contributed by atoms with E-state index in [4.69, 9.17) is 0 Å². The van der Waals surface area contributed by atoms with Gasteiger partial charge in [0.05, 0.1) is 5.69 Å². The largest absolute Gasteiger partial charge is 0.382 e. The van der Waals surface area contributed by atoms with Crippen LogP contribution < -0.4 is 5.32 Å². The Bertz CT molecular complexity index is 460. The molecule has 0 radical (unpaired) electrons. The van der Waals surface area contributed by atoms with Crippen molar-refractivity contribution in [2.75, 3.05) is 11.9 Å². The van der Waals surface area contributed by atoms with E-state index in [0.29, 0.717) is 5.92 Å². The fourth-order valence-electron chi connectivity index (χ4n) is 1.94. The molecule has 0 unspecified atom stereocenters. The molecule has 0 saturated heterocycles. The Labute approximate surface area is 108 Å². The van der Waals surface area contributed by atoms with Crippen LogP contribution in [0, 0.1) is 5.92 Å². The molecule has 0 spiro atoms. The maximum Gasteiger partial charge on any atom is 0.176 e. The third kappa shape index (κ3) is 2.88. The zero-order valence-electron chi connectivity index (χ0n) is 11.0. The van der Waals surface area contributed by atoms with Crippen LogP contribution in [-0.4, -0.2) is 21.3 Å². The molecule has 0 aliphatic rings. The van der Waals surface area contributed by atoms with Crippen molar-refractivity contribution in [3.8, 4) is 5.82 Å². The van der Waals surface area contributed by atoms with Gasteiger partial charge in [-0.1, -0.05) is 26.7 Å². The summed E-state index contributed by atoms with van der Waals surface area (Å²) in [4.78, 5) is 4.39. The molecule has 2 rings (SSSR count). The lowest BCUT2D eigenvalue weighted by molar-refractivity contribution is 0.519. The molecule has 4 nitrogen and oxygen atoms in total. The first kappa shape index (κ1) is 12.6. The highest BCUT2D eigenvalue weighted by Crippen LogP contribution is 2.17. The monoisotopic (exact) mass is 244 g/mol. The van der Waals surface area contributed by atoms with E-state index in [1.54, 1.807) is 17.1 Å². The zero-order chi connectivity index (χ0) is 12.8. The number of pyridine rings is 1. The lowest BCUT2D eigenvalue weighted by atomic mass is 10.0. The predicted molar refractivity (Wildman–Crippen MR) is 73.9 cm³/mol. The van der Waals surface area contributed by atoms with Crippen molar-refractivity contribution in [1.82, 2.24) is 14.8 Å². The molecule has 0 amide bonds. The molecule has 96 valence electrons. The Kier molecular flexibility index (Phi) is 4.34. The maximum atomic E-state index is 4.39. The second-order valence-electron chi connectivity index (χ2n) is 4.39. The summed E-state index contributed by atoms with van der Waals surface area (Å²) in [5.41, 5.74) is 1.04. The fraction of sp³-hybridized carbons (Fsp3) is 0.429. The number of aromatic nitrogens is 3. The van der Waals surface area contributed by atoms with Crippen LogP contribution in [0.25, 0.3) is 5.82 Å². The molecule has 18 heavy (non-hydrogen) atoms. The summed E-state index contributed by atoms with van der Waals surface area (Å²) < 4.78 is 1.79. The van der Waals surface area contributed by atoms with Crippen molar-refractivity contribution in [1.29, 1.82) is 0 Å². The van der Waals surface area contributed by atoms with Crippen molar-refractivity contribution in [3.05, 3.63) is 36.8 Å². The second kappa shape index (κ2) is 6.19. The van der Waals surface area contributed by atoms with Crippen LogP contribution in [0.1, 0.15) is 26.7 Å². The summed E-state index contributed by atoms with van der Waals surface area (Å²) in [6.07, 6.45) is 7.85. The highest BCUT2D eigenvalue weighted by molar-refractivity contribution is 5.56. The maximum absolute atomic E-state index is 4.39. The van der Waals surface area contributed by atoms with Gasteiger partial charge in [-0.05, 0) is 24.1 Å². The van der Waals surface area contributed by atoms with Crippen molar-refractivity contribution < 1.29 is 0 Å². The summed E-state index contributed by atoms with van der Waals surface area (Å²) in [5, 5.41) is 7.71. The third-order valence-electron chi connectivity index (χ3n) is 3.24. The molecule has 4 heteroatoms. The Morgan fingerprint density at radius 2 is 2.06 bits per heavy atom. The normalized spacial score (nSPS) is 10.8. The van der Waals surface area contributed by atoms with Gasteiger partial charge < -0.3 is 5.32 Å². The van der Waals surface area contributed by atoms with Gasteiger partial charge in [-0.3, -0.25) is 0 Å². The van der Waals surface area contributed by atoms with E-state index in [2.05, 4.69) is 29.2 Å². The predicted octanol–water partition coefficient (Wildman–Crippen LogP) is 3.12. The lowest BCUT2D eigenvalue weighted by Gasteiger charge is -2.16. The quantitative estimate of drug-likeness (QED) is 0.849. The summed E-state index contributed by atoms with van der Waals surface area (Å²) >= 11 is 0. The molecule has 0 fully saturated rings. The van der Waals surface area contributed by atoms with Crippen molar-refractivity contribution in [2.45, 2.75) is 26.7 Å². The van der Waals surface area contributed by atoms with Crippen LogP contribution in [0.4, 0.5) is 5.69 Å². The van der Waals surface area contributed by atoms with Gasteiger partial charge in [-0.25, -0.2) is 9.67 Å². The average Bonchev–Trinajstić information content (AvgIpc) is 2.94. The minimum atomic E-state index is 0.704. The van der Waals surface area contributed by atoms with Crippen molar-refractivity contribution in [3.63, 3.8) is 0 Å². The molecule has 0 aliphatic heterocycles. The van der Waals surface area contributed by atoms with Gasteiger partial charge in [-0.15, -0.1) is 0 Å². The topological polar surface area (TPSA) is 42.7 Å². The Morgan fingerprint density at radius 3 is 2.72 bits per heavy atom. The summed E-state index contributed by atoms with van der Waals surface area (Å²) in [6, 6.07) is 5.90. The highest BCUT2D eigenvalue weighted by Gasteiger charge is 2.08.